The minimum Gasteiger partial charge on any atom is -0.379 e. The van der Waals surface area contributed by atoms with Crippen LogP contribution in [0, 0.1) is 0 Å². The molecular formula is C10H22N2O3. The van der Waals surface area contributed by atoms with E-state index in [9.17, 15) is 4.79 Å². The van der Waals surface area contributed by atoms with Crippen molar-refractivity contribution in [3.63, 3.8) is 0 Å². The third-order valence-corrected chi connectivity index (χ3v) is 1.59. The standard InChI is InChI=1S/C10H22N2O3/c1-9(2)15-6-3-5-12-10(13)8-14-7-4-11/h9H,3-8,11H2,1-2H3,(H,12,13). The quantitative estimate of drug-likeness (QED) is 0.530. The Morgan fingerprint density at radius 2 is 2.13 bits per heavy atom. The Labute approximate surface area is 91.3 Å². The van der Waals surface area contributed by atoms with Gasteiger partial charge in [-0.05, 0) is 20.3 Å². The SMILES string of the molecule is CC(C)OCCCNC(=O)COCCN. The van der Waals surface area contributed by atoms with Gasteiger partial charge < -0.3 is 20.5 Å². The third-order valence-electron chi connectivity index (χ3n) is 1.59. The number of nitrogens with one attached hydrogen (secondary N) is 1. The van der Waals surface area contributed by atoms with Crippen molar-refractivity contribution < 1.29 is 14.3 Å². The predicted molar refractivity (Wildman–Crippen MR) is 58.6 cm³/mol. The molecule has 0 spiro atoms. The van der Waals surface area contributed by atoms with Gasteiger partial charge in [0, 0.05) is 19.7 Å². The Balaban J connectivity index is 3.17. The van der Waals surface area contributed by atoms with E-state index in [1.54, 1.807) is 0 Å². The zero-order valence-corrected chi connectivity index (χ0v) is 9.62. The minimum atomic E-state index is -0.104. The smallest absolute Gasteiger partial charge is 0.245 e. The van der Waals surface area contributed by atoms with Crippen LogP contribution in [0.4, 0.5) is 0 Å². The summed E-state index contributed by atoms with van der Waals surface area (Å²) in [6, 6.07) is 0. The van der Waals surface area contributed by atoms with Crippen LogP contribution in [0.5, 0.6) is 0 Å². The zero-order chi connectivity index (χ0) is 11.5. The molecule has 0 bridgehead atoms. The number of carbonyl (C=O) groups excluding carboxylic acids is 1. The van der Waals surface area contributed by atoms with Crippen LogP contribution < -0.4 is 11.1 Å². The highest BCUT2D eigenvalue weighted by atomic mass is 16.5. The fraction of sp³-hybridized carbons (Fsp3) is 0.900. The van der Waals surface area contributed by atoms with E-state index in [0.717, 1.165) is 6.42 Å². The summed E-state index contributed by atoms with van der Waals surface area (Å²) >= 11 is 0. The van der Waals surface area contributed by atoms with Crippen molar-refractivity contribution in [1.29, 1.82) is 0 Å². The van der Waals surface area contributed by atoms with Crippen molar-refractivity contribution in [2.24, 2.45) is 5.73 Å². The first-order valence-electron chi connectivity index (χ1n) is 5.33. The van der Waals surface area contributed by atoms with Crippen LogP contribution in [0.2, 0.25) is 0 Å². The first-order chi connectivity index (χ1) is 7.16. The highest BCUT2D eigenvalue weighted by Gasteiger charge is 1.99. The number of rotatable bonds is 9. The normalized spacial score (nSPS) is 10.7. The van der Waals surface area contributed by atoms with Gasteiger partial charge in [-0.15, -0.1) is 0 Å². The van der Waals surface area contributed by atoms with E-state index in [0.29, 0.717) is 26.3 Å². The number of ether oxygens (including phenoxy) is 2. The summed E-state index contributed by atoms with van der Waals surface area (Å²) < 4.78 is 10.3. The van der Waals surface area contributed by atoms with Gasteiger partial charge in [0.05, 0.1) is 12.7 Å². The third kappa shape index (κ3) is 11.3. The number of hydrogen-bond acceptors (Lipinski definition) is 4. The Morgan fingerprint density at radius 3 is 2.73 bits per heavy atom. The summed E-state index contributed by atoms with van der Waals surface area (Å²) in [7, 11) is 0. The molecule has 0 radical (unpaired) electrons. The monoisotopic (exact) mass is 218 g/mol. The summed E-state index contributed by atoms with van der Waals surface area (Å²) in [5, 5.41) is 2.73. The van der Waals surface area contributed by atoms with E-state index in [1.807, 2.05) is 13.8 Å². The van der Waals surface area contributed by atoms with E-state index >= 15 is 0 Å². The molecule has 0 aromatic heterocycles. The molecule has 0 atom stereocenters. The Kier molecular flexibility index (Phi) is 9.46. The van der Waals surface area contributed by atoms with Gasteiger partial charge in [0.15, 0.2) is 0 Å². The molecule has 0 aliphatic heterocycles. The number of nitrogens with two attached hydrogens (primary N) is 1. The van der Waals surface area contributed by atoms with Crippen LogP contribution in [0.25, 0.3) is 0 Å². The molecule has 0 saturated carbocycles. The second-order valence-corrected chi connectivity index (χ2v) is 3.46. The molecule has 0 rings (SSSR count). The second-order valence-electron chi connectivity index (χ2n) is 3.46. The van der Waals surface area contributed by atoms with Crippen molar-refractivity contribution >= 4 is 5.91 Å². The molecule has 0 saturated heterocycles. The lowest BCUT2D eigenvalue weighted by Crippen LogP contribution is -2.30. The number of carbonyl (C=O) groups is 1. The first kappa shape index (κ1) is 14.3. The van der Waals surface area contributed by atoms with Gasteiger partial charge in [-0.1, -0.05) is 0 Å². The molecule has 0 aromatic rings. The number of amides is 1. The first-order valence-corrected chi connectivity index (χ1v) is 5.33. The lowest BCUT2D eigenvalue weighted by atomic mass is 10.4. The van der Waals surface area contributed by atoms with Crippen LogP contribution in [0.1, 0.15) is 20.3 Å². The molecule has 0 heterocycles. The summed E-state index contributed by atoms with van der Waals surface area (Å²) in [5.41, 5.74) is 5.21. The fourth-order valence-corrected chi connectivity index (χ4v) is 0.918. The molecule has 0 aliphatic carbocycles. The van der Waals surface area contributed by atoms with E-state index < -0.39 is 0 Å². The van der Waals surface area contributed by atoms with Crippen LogP contribution in [0.3, 0.4) is 0 Å². The lowest BCUT2D eigenvalue weighted by Gasteiger charge is -2.08. The lowest BCUT2D eigenvalue weighted by molar-refractivity contribution is -0.125. The van der Waals surface area contributed by atoms with Crippen LogP contribution >= 0.6 is 0 Å². The predicted octanol–water partition coefficient (Wildman–Crippen LogP) is -0.107. The number of hydrogen-bond donors (Lipinski definition) is 2. The summed E-state index contributed by atoms with van der Waals surface area (Å²) in [6.07, 6.45) is 1.06. The molecule has 15 heavy (non-hydrogen) atoms. The molecule has 5 nitrogen and oxygen atoms in total. The van der Waals surface area contributed by atoms with E-state index in [-0.39, 0.29) is 18.6 Å². The van der Waals surface area contributed by atoms with Crippen LogP contribution in [-0.4, -0.2) is 44.9 Å². The van der Waals surface area contributed by atoms with Gasteiger partial charge in [-0.2, -0.15) is 0 Å². The Hall–Kier alpha value is -0.650. The topological polar surface area (TPSA) is 73.6 Å². The van der Waals surface area contributed by atoms with Crippen molar-refractivity contribution in [3.8, 4) is 0 Å². The summed E-state index contributed by atoms with van der Waals surface area (Å²) in [4.78, 5) is 11.1. The van der Waals surface area contributed by atoms with Crippen molar-refractivity contribution in [1.82, 2.24) is 5.32 Å². The van der Waals surface area contributed by atoms with E-state index in [4.69, 9.17) is 15.2 Å². The van der Waals surface area contributed by atoms with Gasteiger partial charge in [0.1, 0.15) is 6.61 Å². The maximum atomic E-state index is 11.1. The maximum Gasteiger partial charge on any atom is 0.245 e. The second kappa shape index (κ2) is 9.89. The Morgan fingerprint density at radius 1 is 1.40 bits per heavy atom. The van der Waals surface area contributed by atoms with Crippen molar-refractivity contribution in [2.75, 3.05) is 32.9 Å². The van der Waals surface area contributed by atoms with Crippen LogP contribution in [0.15, 0.2) is 0 Å². The average Bonchev–Trinajstić information content (AvgIpc) is 2.17. The maximum absolute atomic E-state index is 11.1. The molecule has 0 aliphatic rings. The largest absolute Gasteiger partial charge is 0.379 e. The molecule has 3 N–H and O–H groups in total. The molecule has 0 aromatic carbocycles. The van der Waals surface area contributed by atoms with Crippen LogP contribution in [-0.2, 0) is 14.3 Å². The van der Waals surface area contributed by atoms with Crippen molar-refractivity contribution in [2.45, 2.75) is 26.4 Å². The Bertz CT molecular complexity index is 163. The highest BCUT2D eigenvalue weighted by Crippen LogP contribution is 1.89. The average molecular weight is 218 g/mol. The summed E-state index contributed by atoms with van der Waals surface area (Å²) in [6.45, 7) is 6.21. The van der Waals surface area contributed by atoms with Crippen molar-refractivity contribution in [3.05, 3.63) is 0 Å². The van der Waals surface area contributed by atoms with Gasteiger partial charge in [-0.3, -0.25) is 4.79 Å². The minimum absolute atomic E-state index is 0.0856. The van der Waals surface area contributed by atoms with Gasteiger partial charge in [-0.25, -0.2) is 0 Å². The molecular weight excluding hydrogens is 196 g/mol. The molecule has 1 amide bonds. The van der Waals surface area contributed by atoms with E-state index in [1.165, 1.54) is 0 Å². The fourth-order valence-electron chi connectivity index (χ4n) is 0.918. The highest BCUT2D eigenvalue weighted by molar-refractivity contribution is 5.77. The van der Waals surface area contributed by atoms with Gasteiger partial charge in [0.25, 0.3) is 0 Å². The zero-order valence-electron chi connectivity index (χ0n) is 9.62. The molecule has 0 unspecified atom stereocenters. The van der Waals surface area contributed by atoms with Gasteiger partial charge >= 0.3 is 0 Å². The molecule has 5 heteroatoms. The molecule has 0 fully saturated rings. The van der Waals surface area contributed by atoms with E-state index in [2.05, 4.69) is 5.32 Å². The summed E-state index contributed by atoms with van der Waals surface area (Å²) in [5.74, 6) is -0.104. The van der Waals surface area contributed by atoms with Gasteiger partial charge in [0.2, 0.25) is 5.91 Å². The molecule has 90 valence electrons.